The van der Waals surface area contributed by atoms with Gasteiger partial charge in [0.2, 0.25) is 0 Å². The van der Waals surface area contributed by atoms with E-state index in [4.69, 9.17) is 16.7 Å². The smallest absolute Gasteiger partial charge is 0.347 e. The molecule has 0 spiro atoms. The van der Waals surface area contributed by atoms with Crippen molar-refractivity contribution < 1.29 is 25.2 Å². The van der Waals surface area contributed by atoms with Crippen LogP contribution in [0.3, 0.4) is 0 Å². The molecule has 1 aliphatic carbocycles. The van der Waals surface area contributed by atoms with E-state index < -0.39 is 18.2 Å². The Morgan fingerprint density at radius 1 is 1.46 bits per heavy atom. The van der Waals surface area contributed by atoms with Crippen molar-refractivity contribution in [2.75, 3.05) is 5.75 Å². The highest BCUT2D eigenvalue weighted by Crippen LogP contribution is 2.40. The SMILES string of the molecule is C[C@@H](O)CCC[C@H](O)/C=C/[C@@H]1[C@@H](CCSc2ncc(C(=O)O)s2)[C@H](Cl)C[C@H]1O. The van der Waals surface area contributed by atoms with Gasteiger partial charge in [-0.2, -0.15) is 0 Å². The molecule has 2 rings (SSSR count). The van der Waals surface area contributed by atoms with Crippen molar-refractivity contribution in [3.8, 4) is 0 Å². The van der Waals surface area contributed by atoms with Crippen molar-refractivity contribution in [1.82, 2.24) is 4.98 Å². The highest BCUT2D eigenvalue weighted by Gasteiger charge is 2.39. The van der Waals surface area contributed by atoms with Crippen molar-refractivity contribution in [2.24, 2.45) is 11.8 Å². The van der Waals surface area contributed by atoms with Gasteiger partial charge in [-0.25, -0.2) is 9.78 Å². The minimum Gasteiger partial charge on any atom is -0.477 e. The number of aliphatic hydroxyl groups excluding tert-OH is 3. The van der Waals surface area contributed by atoms with Crippen LogP contribution in [0.1, 0.15) is 48.7 Å². The third-order valence-corrected chi connectivity index (χ3v) is 7.60. The Kier molecular flexibility index (Phi) is 9.73. The molecular formula is C19H28ClNO5S2. The molecule has 28 heavy (non-hydrogen) atoms. The van der Waals surface area contributed by atoms with Crippen LogP contribution >= 0.6 is 34.7 Å². The molecule has 0 amide bonds. The highest BCUT2D eigenvalue weighted by atomic mass is 35.5. The third kappa shape index (κ3) is 7.31. The molecule has 0 saturated heterocycles. The maximum absolute atomic E-state index is 10.9. The molecule has 1 aromatic heterocycles. The predicted molar refractivity (Wildman–Crippen MR) is 112 cm³/mol. The molecule has 1 heterocycles. The molecule has 6 nitrogen and oxygen atoms in total. The van der Waals surface area contributed by atoms with Crippen molar-refractivity contribution in [1.29, 1.82) is 0 Å². The van der Waals surface area contributed by atoms with Gasteiger partial charge >= 0.3 is 5.97 Å². The normalized spacial score (nSPS) is 27.3. The number of carboxylic acids is 1. The number of nitrogens with zero attached hydrogens (tertiary/aromatic N) is 1. The summed E-state index contributed by atoms with van der Waals surface area (Å²) in [4.78, 5) is 15.3. The van der Waals surface area contributed by atoms with E-state index in [9.17, 15) is 20.1 Å². The topological polar surface area (TPSA) is 111 Å². The van der Waals surface area contributed by atoms with Gasteiger partial charge in [0, 0.05) is 17.0 Å². The number of hydrogen-bond donors (Lipinski definition) is 4. The molecule has 0 radical (unpaired) electrons. The Labute approximate surface area is 178 Å². The number of aromatic nitrogens is 1. The molecular weight excluding hydrogens is 422 g/mol. The van der Waals surface area contributed by atoms with Crippen molar-refractivity contribution in [3.63, 3.8) is 0 Å². The van der Waals surface area contributed by atoms with Crippen molar-refractivity contribution >= 4 is 40.7 Å². The van der Waals surface area contributed by atoms with E-state index in [1.807, 2.05) is 6.08 Å². The zero-order valence-electron chi connectivity index (χ0n) is 15.8. The first-order valence-corrected chi connectivity index (χ1v) is 11.7. The first kappa shape index (κ1) is 23.6. The Hall–Kier alpha value is -0.640. The summed E-state index contributed by atoms with van der Waals surface area (Å²) in [5, 5.41) is 38.5. The van der Waals surface area contributed by atoms with Crippen LogP contribution in [0.2, 0.25) is 0 Å². The molecule has 6 atom stereocenters. The highest BCUT2D eigenvalue weighted by molar-refractivity contribution is 8.01. The summed E-state index contributed by atoms with van der Waals surface area (Å²) in [6.07, 6.45) is 6.73. The zero-order chi connectivity index (χ0) is 20.7. The van der Waals surface area contributed by atoms with E-state index in [0.29, 0.717) is 23.6 Å². The van der Waals surface area contributed by atoms with Gasteiger partial charge in [0.05, 0.1) is 24.5 Å². The Morgan fingerprint density at radius 2 is 2.21 bits per heavy atom. The molecule has 0 aliphatic heterocycles. The van der Waals surface area contributed by atoms with E-state index in [-0.39, 0.29) is 28.2 Å². The summed E-state index contributed by atoms with van der Waals surface area (Å²) in [7, 11) is 0. The lowest BCUT2D eigenvalue weighted by Gasteiger charge is -2.20. The number of alkyl halides is 1. The van der Waals surface area contributed by atoms with Gasteiger partial charge in [-0.3, -0.25) is 0 Å². The number of hydrogen-bond acceptors (Lipinski definition) is 7. The number of carbonyl (C=O) groups is 1. The molecule has 9 heteroatoms. The van der Waals surface area contributed by atoms with Gasteiger partial charge < -0.3 is 20.4 Å². The summed E-state index contributed by atoms with van der Waals surface area (Å²) in [6, 6.07) is 0. The Bertz CT molecular complexity index is 654. The summed E-state index contributed by atoms with van der Waals surface area (Å²) < 4.78 is 0.711. The van der Waals surface area contributed by atoms with E-state index >= 15 is 0 Å². The average Bonchev–Trinajstić information content (AvgIpc) is 3.18. The molecule has 0 unspecified atom stereocenters. The fraction of sp³-hybridized carbons (Fsp3) is 0.684. The summed E-state index contributed by atoms with van der Waals surface area (Å²) in [6.45, 7) is 1.73. The van der Waals surface area contributed by atoms with Gasteiger partial charge in [0.15, 0.2) is 4.34 Å². The van der Waals surface area contributed by atoms with Gasteiger partial charge in [0.1, 0.15) is 4.88 Å². The lowest BCUT2D eigenvalue weighted by molar-refractivity contribution is 0.0701. The van der Waals surface area contributed by atoms with Crippen LogP contribution in [-0.4, -0.2) is 60.8 Å². The fourth-order valence-corrected chi connectivity index (χ4v) is 5.82. The number of halogens is 1. The molecule has 4 N–H and O–H groups in total. The second-order valence-corrected chi connectivity index (χ2v) is 10.2. The van der Waals surface area contributed by atoms with E-state index in [1.54, 1.807) is 13.0 Å². The number of carboxylic acid groups (broad SMARTS) is 1. The zero-order valence-corrected chi connectivity index (χ0v) is 18.2. The second-order valence-electron chi connectivity index (χ2n) is 7.23. The number of rotatable bonds is 11. The standard InChI is InChI=1S/C19H28ClNO5S2/c1-11(22)3-2-4-12(23)5-6-14-13(15(20)9-16(14)24)7-8-27-19-21-10-17(28-19)18(25)26/h5-6,10-16,22-24H,2-4,7-9H2,1H3,(H,25,26)/b6-5+/t11-,12+,13-,14-,15-,16-/m1/s1. The Balaban J connectivity index is 1.84. The molecule has 1 aliphatic rings. The third-order valence-electron chi connectivity index (χ3n) is 4.92. The lowest BCUT2D eigenvalue weighted by Crippen LogP contribution is -2.20. The van der Waals surface area contributed by atoms with Crippen LogP contribution < -0.4 is 0 Å². The number of aromatic carboxylic acids is 1. The quantitative estimate of drug-likeness (QED) is 0.233. The van der Waals surface area contributed by atoms with Crippen LogP contribution in [-0.2, 0) is 0 Å². The predicted octanol–water partition coefficient (Wildman–Crippen LogP) is 3.40. The molecule has 1 saturated carbocycles. The number of aliphatic hydroxyl groups is 3. The van der Waals surface area contributed by atoms with Crippen LogP contribution in [0.25, 0.3) is 0 Å². The van der Waals surface area contributed by atoms with Gasteiger partial charge in [-0.15, -0.1) is 22.9 Å². The summed E-state index contributed by atoms with van der Waals surface area (Å²) in [5.74, 6) is -0.264. The molecule has 1 aromatic rings. The van der Waals surface area contributed by atoms with Crippen molar-refractivity contribution in [3.05, 3.63) is 23.2 Å². The number of thiazole rings is 1. The maximum Gasteiger partial charge on any atom is 0.347 e. The summed E-state index contributed by atoms with van der Waals surface area (Å²) in [5.41, 5.74) is 0. The second kappa shape index (κ2) is 11.5. The van der Waals surface area contributed by atoms with Crippen LogP contribution in [0, 0.1) is 11.8 Å². The van der Waals surface area contributed by atoms with Gasteiger partial charge in [-0.1, -0.05) is 23.9 Å². The average molecular weight is 450 g/mol. The van der Waals surface area contributed by atoms with Gasteiger partial charge in [-0.05, 0) is 44.9 Å². The monoisotopic (exact) mass is 449 g/mol. The first-order valence-electron chi connectivity index (χ1n) is 9.46. The van der Waals surface area contributed by atoms with Gasteiger partial charge in [0.25, 0.3) is 0 Å². The number of thioether (sulfide) groups is 1. The van der Waals surface area contributed by atoms with Crippen LogP contribution in [0.15, 0.2) is 22.7 Å². The molecule has 0 aromatic carbocycles. The summed E-state index contributed by atoms with van der Waals surface area (Å²) >= 11 is 9.09. The molecule has 1 fully saturated rings. The van der Waals surface area contributed by atoms with E-state index in [0.717, 1.165) is 29.9 Å². The fourth-order valence-electron chi connectivity index (χ4n) is 3.41. The lowest BCUT2D eigenvalue weighted by atomic mass is 9.91. The molecule has 0 bridgehead atoms. The van der Waals surface area contributed by atoms with Crippen molar-refractivity contribution in [2.45, 2.75) is 67.1 Å². The van der Waals surface area contributed by atoms with Crippen LogP contribution in [0.5, 0.6) is 0 Å². The van der Waals surface area contributed by atoms with E-state index in [2.05, 4.69) is 4.98 Å². The van der Waals surface area contributed by atoms with Crippen LogP contribution in [0.4, 0.5) is 0 Å². The largest absolute Gasteiger partial charge is 0.477 e. The molecule has 158 valence electrons. The minimum absolute atomic E-state index is 0.0870. The maximum atomic E-state index is 10.9. The first-order chi connectivity index (χ1) is 13.3. The Morgan fingerprint density at radius 3 is 2.86 bits per heavy atom. The van der Waals surface area contributed by atoms with E-state index in [1.165, 1.54) is 18.0 Å². The minimum atomic E-state index is -0.971.